The van der Waals surface area contributed by atoms with Gasteiger partial charge in [0.25, 0.3) is 5.19 Å². The predicted molar refractivity (Wildman–Crippen MR) is 47.6 cm³/mol. The maximum atomic E-state index is 11.0. The number of ether oxygens (including phenoxy) is 2. The molecular weight excluding hydrogens is 192 g/mol. The van der Waals surface area contributed by atoms with Crippen molar-refractivity contribution in [3.63, 3.8) is 0 Å². The summed E-state index contributed by atoms with van der Waals surface area (Å²) in [7, 11) is 2.80. The number of aromatic nitrogens is 1. The largest absolute Gasteiger partial charge is 0.473 e. The van der Waals surface area contributed by atoms with Crippen molar-refractivity contribution in [2.45, 2.75) is 6.04 Å². The highest BCUT2D eigenvalue weighted by atomic mass is 32.1. The number of nitrogens with zero attached hydrogens (tertiary/aromatic N) is 1. The van der Waals surface area contributed by atoms with Crippen molar-refractivity contribution in [3.8, 4) is 5.19 Å². The van der Waals surface area contributed by atoms with Crippen LogP contribution in [0.15, 0.2) is 6.20 Å². The van der Waals surface area contributed by atoms with Crippen molar-refractivity contribution >= 4 is 17.3 Å². The Hall–Kier alpha value is -1.14. The summed E-state index contributed by atoms with van der Waals surface area (Å²) in [6.07, 6.45) is 1.51. The molecule has 13 heavy (non-hydrogen) atoms. The van der Waals surface area contributed by atoms with E-state index in [1.807, 2.05) is 0 Å². The summed E-state index contributed by atoms with van der Waals surface area (Å²) >= 11 is 1.23. The minimum atomic E-state index is -0.772. The topological polar surface area (TPSA) is 74.4 Å². The van der Waals surface area contributed by atoms with Gasteiger partial charge in [-0.15, -0.1) is 0 Å². The van der Waals surface area contributed by atoms with Crippen LogP contribution in [-0.4, -0.2) is 25.2 Å². The monoisotopic (exact) mass is 202 g/mol. The van der Waals surface area contributed by atoms with E-state index in [2.05, 4.69) is 9.72 Å². The standard InChI is InChI=1S/C7H10N2O3S/c1-11-6(10)5(8)4-3-9-7(12-2)13-4/h3,5H,8H2,1-2H3. The van der Waals surface area contributed by atoms with E-state index >= 15 is 0 Å². The molecule has 0 saturated carbocycles. The van der Waals surface area contributed by atoms with Gasteiger partial charge in [-0.25, -0.2) is 9.78 Å². The average molecular weight is 202 g/mol. The Morgan fingerprint density at radius 1 is 1.69 bits per heavy atom. The first-order valence-electron chi connectivity index (χ1n) is 3.52. The first-order chi connectivity index (χ1) is 6.19. The Bertz CT molecular complexity index is 300. The molecule has 72 valence electrons. The Kier molecular flexibility index (Phi) is 3.21. The lowest BCUT2D eigenvalue weighted by molar-refractivity contribution is -0.142. The molecule has 0 fully saturated rings. The van der Waals surface area contributed by atoms with E-state index in [9.17, 15) is 4.79 Å². The maximum absolute atomic E-state index is 11.0. The van der Waals surface area contributed by atoms with Crippen molar-refractivity contribution in [3.05, 3.63) is 11.1 Å². The molecule has 1 aromatic rings. The van der Waals surface area contributed by atoms with Gasteiger partial charge in [0.2, 0.25) is 0 Å². The van der Waals surface area contributed by atoms with Gasteiger partial charge in [-0.05, 0) is 0 Å². The van der Waals surface area contributed by atoms with Gasteiger partial charge in [0, 0.05) is 6.20 Å². The van der Waals surface area contributed by atoms with Gasteiger partial charge in [0.05, 0.1) is 19.1 Å². The number of hydrogen-bond acceptors (Lipinski definition) is 6. The molecule has 2 N–H and O–H groups in total. The molecule has 1 rings (SSSR count). The molecule has 5 nitrogen and oxygen atoms in total. The average Bonchev–Trinajstić information content (AvgIpc) is 2.63. The fourth-order valence-electron chi connectivity index (χ4n) is 0.751. The van der Waals surface area contributed by atoms with Crippen molar-refractivity contribution in [1.82, 2.24) is 4.98 Å². The second-order valence-electron chi connectivity index (χ2n) is 2.23. The molecule has 0 amide bonds. The zero-order chi connectivity index (χ0) is 9.84. The summed E-state index contributed by atoms with van der Waals surface area (Å²) in [6.45, 7) is 0. The highest BCUT2D eigenvalue weighted by Crippen LogP contribution is 2.24. The number of thiazole rings is 1. The summed E-state index contributed by atoms with van der Waals surface area (Å²) in [4.78, 5) is 15.5. The van der Waals surface area contributed by atoms with Crippen molar-refractivity contribution in [2.24, 2.45) is 5.73 Å². The fourth-order valence-corrected chi connectivity index (χ4v) is 1.47. The molecule has 0 radical (unpaired) electrons. The van der Waals surface area contributed by atoms with Gasteiger partial charge in [-0.2, -0.15) is 0 Å². The molecule has 1 aromatic heterocycles. The van der Waals surface area contributed by atoms with Gasteiger partial charge in [0.15, 0.2) is 0 Å². The number of rotatable bonds is 3. The van der Waals surface area contributed by atoms with Crippen LogP contribution in [-0.2, 0) is 9.53 Å². The predicted octanol–water partition coefficient (Wildman–Crippen LogP) is 0.325. The van der Waals surface area contributed by atoms with Crippen LogP contribution in [0.2, 0.25) is 0 Å². The van der Waals surface area contributed by atoms with Gasteiger partial charge in [-0.1, -0.05) is 11.3 Å². The van der Waals surface area contributed by atoms with E-state index in [0.29, 0.717) is 10.1 Å². The van der Waals surface area contributed by atoms with Crippen LogP contribution in [0.25, 0.3) is 0 Å². The van der Waals surface area contributed by atoms with Gasteiger partial charge in [0.1, 0.15) is 6.04 Å². The Balaban J connectivity index is 2.76. The minimum absolute atomic E-state index is 0.480. The third-order valence-corrected chi connectivity index (χ3v) is 2.48. The zero-order valence-corrected chi connectivity index (χ0v) is 8.13. The quantitative estimate of drug-likeness (QED) is 0.715. The lowest BCUT2D eigenvalue weighted by Crippen LogP contribution is -2.21. The molecule has 0 aliphatic rings. The number of carbonyl (C=O) groups is 1. The molecule has 6 heteroatoms. The van der Waals surface area contributed by atoms with Crippen molar-refractivity contribution in [2.75, 3.05) is 14.2 Å². The highest BCUT2D eigenvalue weighted by molar-refractivity contribution is 7.13. The molecule has 0 saturated heterocycles. The lowest BCUT2D eigenvalue weighted by atomic mass is 10.3. The molecule has 0 aliphatic carbocycles. The van der Waals surface area contributed by atoms with Crippen LogP contribution in [0.5, 0.6) is 5.19 Å². The maximum Gasteiger partial charge on any atom is 0.328 e. The van der Waals surface area contributed by atoms with Gasteiger partial charge < -0.3 is 15.2 Å². The number of esters is 1. The Morgan fingerprint density at radius 2 is 2.38 bits per heavy atom. The molecule has 1 atom stereocenters. The molecule has 1 unspecified atom stereocenters. The number of hydrogen-bond donors (Lipinski definition) is 1. The van der Waals surface area contributed by atoms with Crippen molar-refractivity contribution < 1.29 is 14.3 Å². The third kappa shape index (κ3) is 2.16. The third-order valence-electron chi connectivity index (χ3n) is 1.44. The number of nitrogens with two attached hydrogens (primary N) is 1. The van der Waals surface area contributed by atoms with Gasteiger partial charge in [-0.3, -0.25) is 0 Å². The van der Waals surface area contributed by atoms with Crippen LogP contribution >= 0.6 is 11.3 Å². The van der Waals surface area contributed by atoms with Crippen LogP contribution in [0.3, 0.4) is 0 Å². The van der Waals surface area contributed by atoms with Crippen LogP contribution in [0, 0.1) is 0 Å². The Labute approximate surface area is 79.5 Å². The fraction of sp³-hybridized carbons (Fsp3) is 0.429. The van der Waals surface area contributed by atoms with Crippen LogP contribution in [0.1, 0.15) is 10.9 Å². The minimum Gasteiger partial charge on any atom is -0.473 e. The van der Waals surface area contributed by atoms with E-state index in [0.717, 1.165) is 0 Å². The smallest absolute Gasteiger partial charge is 0.328 e. The SMILES string of the molecule is COC(=O)C(N)c1cnc(OC)s1. The van der Waals surface area contributed by atoms with E-state index in [4.69, 9.17) is 10.5 Å². The van der Waals surface area contributed by atoms with Crippen LogP contribution in [0.4, 0.5) is 0 Å². The van der Waals surface area contributed by atoms with Crippen molar-refractivity contribution in [1.29, 1.82) is 0 Å². The number of carbonyl (C=O) groups excluding carboxylic acids is 1. The number of methoxy groups -OCH3 is 2. The first-order valence-corrected chi connectivity index (χ1v) is 4.33. The Morgan fingerprint density at radius 3 is 2.85 bits per heavy atom. The van der Waals surface area contributed by atoms with E-state index in [-0.39, 0.29) is 0 Å². The summed E-state index contributed by atoms with van der Waals surface area (Å²) in [6, 6.07) is -0.772. The molecule has 0 bridgehead atoms. The summed E-state index contributed by atoms with van der Waals surface area (Å²) < 4.78 is 9.34. The molecule has 0 aliphatic heterocycles. The van der Waals surface area contributed by atoms with Gasteiger partial charge >= 0.3 is 5.97 Å². The summed E-state index contributed by atoms with van der Waals surface area (Å²) in [5, 5.41) is 0.481. The van der Waals surface area contributed by atoms with Crippen LogP contribution < -0.4 is 10.5 Å². The second-order valence-corrected chi connectivity index (χ2v) is 3.26. The summed E-state index contributed by atoms with van der Waals surface area (Å²) in [5.74, 6) is -0.480. The molecule has 0 spiro atoms. The second kappa shape index (κ2) is 4.20. The molecule has 0 aromatic carbocycles. The molecule has 1 heterocycles. The summed E-state index contributed by atoms with van der Waals surface area (Å²) in [5.41, 5.74) is 5.56. The van der Waals surface area contributed by atoms with E-state index in [1.165, 1.54) is 31.8 Å². The highest BCUT2D eigenvalue weighted by Gasteiger charge is 2.19. The van der Waals surface area contributed by atoms with E-state index < -0.39 is 12.0 Å². The molecular formula is C7H10N2O3S. The first kappa shape index (κ1) is 9.94. The zero-order valence-electron chi connectivity index (χ0n) is 7.31. The lowest BCUT2D eigenvalue weighted by Gasteiger charge is -2.04. The normalized spacial score (nSPS) is 12.2. The van der Waals surface area contributed by atoms with E-state index in [1.54, 1.807) is 0 Å².